The molecule has 3 fully saturated rings. The third-order valence-corrected chi connectivity index (χ3v) is 7.27. The smallest absolute Gasteiger partial charge is 0.161 e. The van der Waals surface area contributed by atoms with Crippen molar-refractivity contribution in [2.75, 3.05) is 27.3 Å². The Bertz CT molecular complexity index is 628. The van der Waals surface area contributed by atoms with E-state index in [1.807, 2.05) is 6.07 Å². The van der Waals surface area contributed by atoms with E-state index >= 15 is 0 Å². The first kappa shape index (κ1) is 18.1. The summed E-state index contributed by atoms with van der Waals surface area (Å²) in [6.07, 6.45) is 9.46. The van der Waals surface area contributed by atoms with E-state index in [4.69, 9.17) is 9.47 Å². The minimum Gasteiger partial charge on any atom is -0.493 e. The van der Waals surface area contributed by atoms with Crippen LogP contribution >= 0.6 is 0 Å². The Balaban J connectivity index is 1.63. The second-order valence-corrected chi connectivity index (χ2v) is 8.57. The summed E-state index contributed by atoms with van der Waals surface area (Å²) in [5.41, 5.74) is 1.51. The number of hydrogen-bond acceptors (Lipinski definition) is 4. The van der Waals surface area contributed by atoms with Gasteiger partial charge in [-0.3, -0.25) is 4.90 Å². The lowest BCUT2D eigenvalue weighted by atomic mass is 9.65. The van der Waals surface area contributed by atoms with Crippen LogP contribution in [0, 0.1) is 5.92 Å². The summed E-state index contributed by atoms with van der Waals surface area (Å²) >= 11 is 0. The van der Waals surface area contributed by atoms with Gasteiger partial charge in [-0.05, 0) is 68.7 Å². The van der Waals surface area contributed by atoms with Gasteiger partial charge in [0.2, 0.25) is 0 Å². The molecule has 4 nitrogen and oxygen atoms in total. The van der Waals surface area contributed by atoms with Crippen molar-refractivity contribution in [3.63, 3.8) is 0 Å². The molecular formula is C22H33NO3. The molecule has 1 saturated heterocycles. The van der Waals surface area contributed by atoms with Gasteiger partial charge < -0.3 is 14.6 Å². The minimum absolute atomic E-state index is 0.150. The van der Waals surface area contributed by atoms with Crippen molar-refractivity contribution in [3.05, 3.63) is 23.8 Å². The number of rotatable bonds is 5. The maximum absolute atomic E-state index is 10.4. The molecule has 144 valence electrons. The molecule has 0 aromatic heterocycles. The van der Waals surface area contributed by atoms with Gasteiger partial charge in [-0.15, -0.1) is 0 Å². The molecule has 2 saturated carbocycles. The minimum atomic E-state index is -0.155. The predicted molar refractivity (Wildman–Crippen MR) is 103 cm³/mol. The molecule has 0 radical (unpaired) electrons. The summed E-state index contributed by atoms with van der Waals surface area (Å²) in [6, 6.07) is 6.91. The highest BCUT2D eigenvalue weighted by molar-refractivity contribution is 5.46. The lowest BCUT2D eigenvalue weighted by molar-refractivity contribution is 0.0443. The lowest BCUT2D eigenvalue weighted by Crippen LogP contribution is -2.49. The van der Waals surface area contributed by atoms with Crippen molar-refractivity contribution in [2.45, 2.75) is 68.9 Å². The van der Waals surface area contributed by atoms with E-state index < -0.39 is 0 Å². The molecule has 1 aromatic rings. The van der Waals surface area contributed by atoms with Crippen molar-refractivity contribution < 1.29 is 14.6 Å². The zero-order valence-corrected chi connectivity index (χ0v) is 16.2. The predicted octanol–water partition coefficient (Wildman–Crippen LogP) is 3.75. The summed E-state index contributed by atoms with van der Waals surface area (Å²) in [5.74, 6) is 2.47. The summed E-state index contributed by atoms with van der Waals surface area (Å²) in [6.45, 7) is 2.37. The number of hydrogen-bond donors (Lipinski definition) is 1. The monoisotopic (exact) mass is 359 g/mol. The molecule has 4 heteroatoms. The van der Waals surface area contributed by atoms with E-state index in [0.29, 0.717) is 6.04 Å². The average molecular weight is 360 g/mol. The fraction of sp³-hybridized carbons (Fsp3) is 0.727. The largest absolute Gasteiger partial charge is 0.493 e. The number of nitrogens with zero attached hydrogens (tertiary/aromatic N) is 1. The maximum Gasteiger partial charge on any atom is 0.161 e. The number of likely N-dealkylation sites (tertiary alicyclic amines) is 1. The highest BCUT2D eigenvalue weighted by atomic mass is 16.5. The van der Waals surface area contributed by atoms with Gasteiger partial charge in [0.05, 0.1) is 20.3 Å². The molecule has 1 N–H and O–H groups in total. The van der Waals surface area contributed by atoms with Crippen LogP contribution in [-0.2, 0) is 5.41 Å². The van der Waals surface area contributed by atoms with E-state index in [0.717, 1.165) is 43.2 Å². The summed E-state index contributed by atoms with van der Waals surface area (Å²) < 4.78 is 11.0. The Kier molecular flexibility index (Phi) is 5.15. The van der Waals surface area contributed by atoms with Crippen LogP contribution in [0.1, 0.15) is 56.9 Å². The van der Waals surface area contributed by atoms with Gasteiger partial charge in [0, 0.05) is 18.0 Å². The molecule has 2 aliphatic carbocycles. The van der Waals surface area contributed by atoms with Crippen molar-refractivity contribution in [1.82, 2.24) is 4.90 Å². The van der Waals surface area contributed by atoms with Crippen LogP contribution in [0.2, 0.25) is 0 Å². The van der Waals surface area contributed by atoms with Crippen molar-refractivity contribution in [3.8, 4) is 11.5 Å². The number of aliphatic hydroxyl groups is 1. The van der Waals surface area contributed by atoms with Crippen molar-refractivity contribution in [2.24, 2.45) is 5.92 Å². The Morgan fingerprint density at radius 3 is 2.58 bits per heavy atom. The van der Waals surface area contributed by atoms with E-state index in [2.05, 4.69) is 17.0 Å². The van der Waals surface area contributed by atoms with Crippen LogP contribution in [-0.4, -0.2) is 49.5 Å². The number of benzene rings is 1. The van der Waals surface area contributed by atoms with Crippen LogP contribution in [0.5, 0.6) is 11.5 Å². The first-order chi connectivity index (χ1) is 12.7. The van der Waals surface area contributed by atoms with Crippen LogP contribution in [0.4, 0.5) is 0 Å². The van der Waals surface area contributed by atoms with Gasteiger partial charge in [0.25, 0.3) is 0 Å². The molecular weight excluding hydrogens is 326 g/mol. The summed E-state index contributed by atoms with van der Waals surface area (Å²) in [5, 5.41) is 10.4. The zero-order valence-electron chi connectivity index (χ0n) is 16.2. The molecule has 0 unspecified atom stereocenters. The normalized spacial score (nSPS) is 32.6. The average Bonchev–Trinajstić information content (AvgIpc) is 3.30. The second kappa shape index (κ2) is 7.40. The molecule has 0 amide bonds. The first-order valence-corrected chi connectivity index (χ1v) is 10.3. The van der Waals surface area contributed by atoms with Crippen LogP contribution in [0.3, 0.4) is 0 Å². The Hall–Kier alpha value is -1.26. The molecule has 0 spiro atoms. The fourth-order valence-electron chi connectivity index (χ4n) is 5.85. The van der Waals surface area contributed by atoms with Crippen molar-refractivity contribution >= 4 is 0 Å². The highest BCUT2D eigenvalue weighted by Crippen LogP contribution is 2.50. The maximum atomic E-state index is 10.4. The summed E-state index contributed by atoms with van der Waals surface area (Å²) in [7, 11) is 3.40. The molecule has 3 atom stereocenters. The molecule has 1 aromatic carbocycles. The Labute approximate surface area is 157 Å². The highest BCUT2D eigenvalue weighted by Gasteiger charge is 2.51. The molecule has 4 rings (SSSR count). The van der Waals surface area contributed by atoms with E-state index in [9.17, 15) is 5.11 Å². The summed E-state index contributed by atoms with van der Waals surface area (Å²) in [4.78, 5) is 2.70. The topological polar surface area (TPSA) is 41.9 Å². The number of ether oxygens (including phenoxy) is 2. The molecule has 3 aliphatic rings. The quantitative estimate of drug-likeness (QED) is 0.869. The number of aliphatic hydroxyl groups excluding tert-OH is 1. The lowest BCUT2D eigenvalue weighted by Gasteiger charge is -2.44. The van der Waals surface area contributed by atoms with Crippen LogP contribution < -0.4 is 9.47 Å². The molecule has 0 bridgehead atoms. The SMILES string of the molecule is COc1ccc([C@@]23CC[C@@H](O)C[C@@H]2N(CC2CCCC2)CC3)cc1OC. The Morgan fingerprint density at radius 2 is 1.85 bits per heavy atom. The first-order valence-electron chi connectivity index (χ1n) is 10.3. The van der Waals surface area contributed by atoms with Crippen LogP contribution in [0.25, 0.3) is 0 Å². The standard InChI is InChI=1S/C22H33NO3/c1-25-19-8-7-17(13-20(19)26-2)22-10-9-18(24)14-21(22)23(12-11-22)15-16-5-3-4-6-16/h7-8,13,16,18,21,24H,3-6,9-12,14-15H2,1-2H3/t18-,21+,22+/m1/s1. The second-order valence-electron chi connectivity index (χ2n) is 8.57. The zero-order chi connectivity index (χ0) is 18.1. The van der Waals surface area contributed by atoms with Gasteiger partial charge in [-0.1, -0.05) is 18.9 Å². The molecule has 1 aliphatic heterocycles. The Morgan fingerprint density at radius 1 is 1.08 bits per heavy atom. The van der Waals surface area contributed by atoms with Gasteiger partial charge in [0.1, 0.15) is 0 Å². The van der Waals surface area contributed by atoms with Gasteiger partial charge >= 0.3 is 0 Å². The van der Waals surface area contributed by atoms with Crippen molar-refractivity contribution in [1.29, 1.82) is 0 Å². The van der Waals surface area contributed by atoms with Gasteiger partial charge in [-0.2, -0.15) is 0 Å². The van der Waals surface area contributed by atoms with E-state index in [-0.39, 0.29) is 11.5 Å². The third kappa shape index (κ3) is 3.11. The van der Waals surface area contributed by atoms with Gasteiger partial charge in [0.15, 0.2) is 11.5 Å². The van der Waals surface area contributed by atoms with Gasteiger partial charge in [-0.25, -0.2) is 0 Å². The third-order valence-electron chi connectivity index (χ3n) is 7.27. The number of methoxy groups -OCH3 is 2. The molecule has 1 heterocycles. The number of fused-ring (bicyclic) bond motifs is 1. The van der Waals surface area contributed by atoms with E-state index in [1.165, 1.54) is 44.2 Å². The van der Waals surface area contributed by atoms with E-state index in [1.54, 1.807) is 14.2 Å². The van der Waals surface area contributed by atoms with Crippen LogP contribution in [0.15, 0.2) is 18.2 Å². The fourth-order valence-corrected chi connectivity index (χ4v) is 5.85. The molecule has 26 heavy (non-hydrogen) atoms.